The van der Waals surface area contributed by atoms with Crippen LogP contribution in [0.1, 0.15) is 26.2 Å². The minimum absolute atomic E-state index is 0. The molecule has 2 atom stereocenters. The van der Waals surface area contributed by atoms with Gasteiger partial charge in [-0.15, -0.1) is 24.0 Å². The van der Waals surface area contributed by atoms with Gasteiger partial charge in [0, 0.05) is 32.2 Å². The van der Waals surface area contributed by atoms with Crippen LogP contribution in [-0.2, 0) is 19.9 Å². The molecule has 1 unspecified atom stereocenters. The first kappa shape index (κ1) is 22.9. The molecule has 2 saturated heterocycles. The Balaban J connectivity index is 0.00000312. The summed E-state index contributed by atoms with van der Waals surface area (Å²) >= 11 is 0. The summed E-state index contributed by atoms with van der Waals surface area (Å²) in [6, 6.07) is -0.0595. The maximum absolute atomic E-state index is 11.8. The third-order valence-electron chi connectivity index (χ3n) is 4.43. The lowest BCUT2D eigenvalue weighted by Gasteiger charge is -2.23. The van der Waals surface area contributed by atoms with Gasteiger partial charge in [0.2, 0.25) is 10.0 Å². The molecule has 8 nitrogen and oxygen atoms in total. The van der Waals surface area contributed by atoms with E-state index in [0.717, 1.165) is 12.8 Å². The van der Waals surface area contributed by atoms with Crippen LogP contribution in [0.5, 0.6) is 0 Å². The van der Waals surface area contributed by atoms with Gasteiger partial charge in [0.05, 0.1) is 17.8 Å². The number of nitrogens with one attached hydrogen (secondary N) is 2. The largest absolute Gasteiger partial charge is 0.357 e. The summed E-state index contributed by atoms with van der Waals surface area (Å²) in [5.74, 6) is 1.15. The number of hydrogen-bond acceptors (Lipinski definition) is 5. The summed E-state index contributed by atoms with van der Waals surface area (Å²) in [6.07, 6.45) is 3.61. The average molecular weight is 508 g/mol. The second kappa shape index (κ2) is 9.70. The first-order chi connectivity index (χ1) is 11.2. The summed E-state index contributed by atoms with van der Waals surface area (Å²) < 4.78 is 48.1. The van der Waals surface area contributed by atoms with Gasteiger partial charge in [-0.2, -0.15) is 4.31 Å². The van der Waals surface area contributed by atoms with Crippen molar-refractivity contribution >= 4 is 49.8 Å². The van der Waals surface area contributed by atoms with E-state index in [4.69, 9.17) is 0 Å². The van der Waals surface area contributed by atoms with E-state index in [1.54, 1.807) is 0 Å². The molecule has 0 bridgehead atoms. The van der Waals surface area contributed by atoms with E-state index in [1.165, 1.54) is 10.6 Å². The van der Waals surface area contributed by atoms with Crippen LogP contribution in [0.4, 0.5) is 0 Å². The van der Waals surface area contributed by atoms with Crippen LogP contribution < -0.4 is 10.6 Å². The molecule has 2 heterocycles. The highest BCUT2D eigenvalue weighted by molar-refractivity contribution is 14.0. The van der Waals surface area contributed by atoms with Gasteiger partial charge in [0.25, 0.3) is 0 Å². The van der Waals surface area contributed by atoms with Crippen LogP contribution in [-0.4, -0.2) is 77.1 Å². The standard InChI is InChI=1S/C14H28N4O4S2.HI/c1-3-15-14(16-9-12-6-8-24(21,22)11-12)17-10-13-5-4-7-18(13)23(2,19)20;/h12-13H,3-11H2,1-2H3,(H2,15,16,17);1H/t12?,13-;/m1./s1. The second-order valence-corrected chi connectivity index (χ2v) is 10.7. The van der Waals surface area contributed by atoms with Crippen molar-refractivity contribution in [3.8, 4) is 0 Å². The number of guanidine groups is 1. The molecule has 0 aliphatic carbocycles. The van der Waals surface area contributed by atoms with Crippen LogP contribution >= 0.6 is 24.0 Å². The van der Waals surface area contributed by atoms with E-state index in [1.807, 2.05) is 6.92 Å². The third kappa shape index (κ3) is 7.18. The number of aliphatic imine (C=N–C) groups is 1. The Morgan fingerprint density at radius 3 is 2.56 bits per heavy atom. The van der Waals surface area contributed by atoms with Crippen LogP contribution in [0.3, 0.4) is 0 Å². The molecule has 0 amide bonds. The monoisotopic (exact) mass is 508 g/mol. The Morgan fingerprint density at radius 2 is 2.00 bits per heavy atom. The molecule has 2 aliphatic heterocycles. The van der Waals surface area contributed by atoms with Crippen molar-refractivity contribution < 1.29 is 16.8 Å². The maximum Gasteiger partial charge on any atom is 0.211 e. The fraction of sp³-hybridized carbons (Fsp3) is 0.929. The molecule has 0 aromatic carbocycles. The van der Waals surface area contributed by atoms with Crippen molar-refractivity contribution in [1.29, 1.82) is 0 Å². The normalized spacial score (nSPS) is 27.0. The Labute approximate surface area is 168 Å². The zero-order chi connectivity index (χ0) is 17.8. The quantitative estimate of drug-likeness (QED) is 0.298. The van der Waals surface area contributed by atoms with Crippen molar-refractivity contribution in [3.05, 3.63) is 0 Å². The van der Waals surface area contributed by atoms with E-state index < -0.39 is 19.9 Å². The lowest BCUT2D eigenvalue weighted by molar-refractivity contribution is 0.387. The average Bonchev–Trinajstić information content (AvgIpc) is 3.07. The Bertz CT molecular complexity index is 666. The fourth-order valence-electron chi connectivity index (χ4n) is 3.24. The van der Waals surface area contributed by atoms with Crippen LogP contribution in [0.25, 0.3) is 0 Å². The zero-order valence-corrected chi connectivity index (χ0v) is 18.7. The molecule has 2 fully saturated rings. The predicted molar refractivity (Wildman–Crippen MR) is 111 cm³/mol. The van der Waals surface area contributed by atoms with Crippen molar-refractivity contribution in [1.82, 2.24) is 14.9 Å². The summed E-state index contributed by atoms with van der Waals surface area (Å²) in [5.41, 5.74) is 0. The highest BCUT2D eigenvalue weighted by Crippen LogP contribution is 2.20. The minimum Gasteiger partial charge on any atom is -0.357 e. The van der Waals surface area contributed by atoms with Gasteiger partial charge in [0.15, 0.2) is 15.8 Å². The molecule has 0 aromatic heterocycles. The van der Waals surface area contributed by atoms with Gasteiger partial charge >= 0.3 is 0 Å². The van der Waals surface area contributed by atoms with Gasteiger partial charge in [0.1, 0.15) is 0 Å². The lowest BCUT2D eigenvalue weighted by atomic mass is 10.1. The molecule has 11 heteroatoms. The molecule has 148 valence electrons. The summed E-state index contributed by atoms with van der Waals surface area (Å²) in [5, 5.41) is 6.32. The van der Waals surface area contributed by atoms with E-state index in [0.29, 0.717) is 38.6 Å². The number of sulfone groups is 1. The Kier molecular flexibility index (Phi) is 8.88. The predicted octanol–water partition coefficient (Wildman–Crippen LogP) is 0.0182. The van der Waals surface area contributed by atoms with Crippen LogP contribution in [0, 0.1) is 5.92 Å². The Hall–Kier alpha value is -0.140. The maximum atomic E-state index is 11.8. The number of halogens is 1. The van der Waals surface area contributed by atoms with E-state index in [2.05, 4.69) is 15.6 Å². The third-order valence-corrected chi connectivity index (χ3v) is 7.60. The molecule has 2 aliphatic rings. The van der Waals surface area contributed by atoms with Crippen molar-refractivity contribution in [2.75, 3.05) is 43.9 Å². The molecule has 2 N–H and O–H groups in total. The van der Waals surface area contributed by atoms with E-state index in [9.17, 15) is 16.8 Å². The van der Waals surface area contributed by atoms with Gasteiger partial charge in [-0.1, -0.05) is 0 Å². The highest BCUT2D eigenvalue weighted by atomic mass is 127. The van der Waals surface area contributed by atoms with Gasteiger partial charge < -0.3 is 10.6 Å². The highest BCUT2D eigenvalue weighted by Gasteiger charge is 2.31. The molecule has 2 rings (SSSR count). The van der Waals surface area contributed by atoms with Crippen LogP contribution in [0.2, 0.25) is 0 Å². The summed E-state index contributed by atoms with van der Waals surface area (Å²) in [4.78, 5) is 4.47. The fourth-order valence-corrected chi connectivity index (χ4v) is 6.27. The number of sulfonamides is 1. The Morgan fingerprint density at radius 1 is 1.28 bits per heavy atom. The lowest BCUT2D eigenvalue weighted by Crippen LogP contribution is -2.46. The van der Waals surface area contributed by atoms with E-state index in [-0.39, 0.29) is 47.4 Å². The van der Waals surface area contributed by atoms with Crippen molar-refractivity contribution in [3.63, 3.8) is 0 Å². The SMILES string of the molecule is CCNC(=NCC1CCS(=O)(=O)C1)NC[C@H]1CCCN1S(C)(=O)=O.I. The number of nitrogens with zero attached hydrogens (tertiary/aromatic N) is 2. The second-order valence-electron chi connectivity index (χ2n) is 6.54. The molecule has 0 aromatic rings. The smallest absolute Gasteiger partial charge is 0.211 e. The first-order valence-corrected chi connectivity index (χ1v) is 12.1. The number of hydrogen-bond donors (Lipinski definition) is 2. The molecule has 0 saturated carbocycles. The van der Waals surface area contributed by atoms with E-state index >= 15 is 0 Å². The van der Waals surface area contributed by atoms with Gasteiger partial charge in [-0.05, 0) is 32.1 Å². The number of rotatable bonds is 6. The molecular formula is C14H29IN4O4S2. The molecule has 0 radical (unpaired) electrons. The van der Waals surface area contributed by atoms with Gasteiger partial charge in [-0.3, -0.25) is 4.99 Å². The van der Waals surface area contributed by atoms with Crippen molar-refractivity contribution in [2.24, 2.45) is 10.9 Å². The molecule has 0 spiro atoms. The molecular weight excluding hydrogens is 479 g/mol. The molecule has 25 heavy (non-hydrogen) atoms. The zero-order valence-electron chi connectivity index (χ0n) is 14.8. The van der Waals surface area contributed by atoms with Gasteiger partial charge in [-0.25, -0.2) is 16.8 Å². The topological polar surface area (TPSA) is 108 Å². The van der Waals surface area contributed by atoms with Crippen LogP contribution in [0.15, 0.2) is 4.99 Å². The minimum atomic E-state index is -3.18. The summed E-state index contributed by atoms with van der Waals surface area (Å²) in [7, 11) is -6.07. The summed E-state index contributed by atoms with van der Waals surface area (Å²) in [6.45, 7) is 4.18. The van der Waals surface area contributed by atoms with Crippen molar-refractivity contribution in [2.45, 2.75) is 32.2 Å². The first-order valence-electron chi connectivity index (χ1n) is 8.40.